The molecular weight excluding hydrogens is 520 g/mol. The number of rotatable bonds is 0. The van der Waals surface area contributed by atoms with Gasteiger partial charge in [-0.1, -0.05) is 6.07 Å². The molecule has 4 rings (SSSR count). The fraction of sp³-hybridized carbons (Fsp3) is 0.125. The molecule has 0 saturated carbocycles. The minimum absolute atomic E-state index is 0.148. The van der Waals surface area contributed by atoms with Gasteiger partial charge in [0.1, 0.15) is 0 Å². The molecule has 0 saturated heterocycles. The number of imidazole rings is 2. The molecular formula is C16H13Br3N4O2. The van der Waals surface area contributed by atoms with Gasteiger partial charge in [-0.2, -0.15) is 0 Å². The summed E-state index contributed by atoms with van der Waals surface area (Å²) in [7, 11) is 0. The van der Waals surface area contributed by atoms with Gasteiger partial charge in [-0.05, 0) is 84.9 Å². The van der Waals surface area contributed by atoms with Crippen molar-refractivity contribution in [3.63, 3.8) is 0 Å². The van der Waals surface area contributed by atoms with Gasteiger partial charge in [-0.3, -0.25) is 0 Å². The fourth-order valence-corrected chi connectivity index (χ4v) is 4.17. The van der Waals surface area contributed by atoms with Crippen molar-refractivity contribution in [3.05, 3.63) is 63.7 Å². The highest BCUT2D eigenvalue weighted by atomic mass is 79.9. The van der Waals surface area contributed by atoms with Gasteiger partial charge in [0.25, 0.3) is 0 Å². The summed E-state index contributed by atoms with van der Waals surface area (Å²) in [6, 6.07) is 5.79. The molecule has 0 bridgehead atoms. The van der Waals surface area contributed by atoms with Crippen LogP contribution in [0.25, 0.3) is 22.1 Å². The fourth-order valence-electron chi connectivity index (χ4n) is 2.42. The predicted molar refractivity (Wildman–Crippen MR) is 110 cm³/mol. The average Bonchev–Trinajstić information content (AvgIpc) is 3.13. The van der Waals surface area contributed by atoms with Crippen LogP contribution in [0, 0.1) is 13.8 Å². The van der Waals surface area contributed by atoms with Crippen molar-refractivity contribution >= 4 is 69.9 Å². The average molecular weight is 533 g/mol. The van der Waals surface area contributed by atoms with Crippen LogP contribution in [0.3, 0.4) is 0 Å². The molecule has 4 aromatic rings. The van der Waals surface area contributed by atoms with E-state index in [2.05, 4.69) is 67.7 Å². The number of halogens is 3. The summed E-state index contributed by atoms with van der Waals surface area (Å²) in [5, 5.41) is 0. The second kappa shape index (κ2) is 6.97. The maximum absolute atomic E-state index is 11.1. The van der Waals surface area contributed by atoms with Gasteiger partial charge in [0.2, 0.25) is 0 Å². The van der Waals surface area contributed by atoms with E-state index in [0.29, 0.717) is 0 Å². The van der Waals surface area contributed by atoms with Gasteiger partial charge in [-0.25, -0.2) is 9.59 Å². The maximum atomic E-state index is 11.1. The summed E-state index contributed by atoms with van der Waals surface area (Å²) >= 11 is 10.3. The number of H-pyrrole nitrogens is 4. The van der Waals surface area contributed by atoms with E-state index in [1.165, 1.54) is 0 Å². The Hall–Kier alpha value is -1.58. The lowest BCUT2D eigenvalue weighted by Crippen LogP contribution is -1.99. The van der Waals surface area contributed by atoms with Crippen LogP contribution in [0.15, 0.2) is 41.2 Å². The lowest BCUT2D eigenvalue weighted by atomic mass is 10.2. The van der Waals surface area contributed by atoms with Crippen LogP contribution in [0.1, 0.15) is 11.1 Å². The van der Waals surface area contributed by atoms with Gasteiger partial charge in [0, 0.05) is 8.95 Å². The number of hydrogen-bond acceptors (Lipinski definition) is 2. The van der Waals surface area contributed by atoms with Gasteiger partial charge < -0.3 is 19.9 Å². The number of nitrogens with one attached hydrogen (secondary N) is 4. The summed E-state index contributed by atoms with van der Waals surface area (Å²) < 4.78 is 2.68. The van der Waals surface area contributed by atoms with E-state index in [9.17, 15) is 9.59 Å². The van der Waals surface area contributed by atoms with Crippen molar-refractivity contribution in [3.8, 4) is 0 Å². The minimum atomic E-state index is -0.209. The summed E-state index contributed by atoms with van der Waals surface area (Å²) in [6.07, 6.45) is 0. The van der Waals surface area contributed by atoms with Crippen molar-refractivity contribution in [2.45, 2.75) is 13.8 Å². The minimum Gasteiger partial charge on any atom is -0.306 e. The zero-order chi connectivity index (χ0) is 18.3. The van der Waals surface area contributed by atoms with E-state index in [1.807, 2.05) is 32.0 Å². The Morgan fingerprint density at radius 3 is 1.96 bits per heavy atom. The van der Waals surface area contributed by atoms with Crippen LogP contribution >= 0.6 is 47.8 Å². The van der Waals surface area contributed by atoms with E-state index in [-0.39, 0.29) is 11.4 Å². The molecule has 4 N–H and O–H groups in total. The van der Waals surface area contributed by atoms with Crippen LogP contribution in [0.4, 0.5) is 0 Å². The number of aryl methyl sites for hydroxylation is 1. The first kappa shape index (κ1) is 18.2. The quantitative estimate of drug-likeness (QED) is 0.249. The van der Waals surface area contributed by atoms with Gasteiger partial charge in [0.15, 0.2) is 0 Å². The smallest absolute Gasteiger partial charge is 0.306 e. The van der Waals surface area contributed by atoms with Crippen molar-refractivity contribution in [2.24, 2.45) is 0 Å². The Kier molecular flexibility index (Phi) is 5.08. The Labute approximate surface area is 166 Å². The van der Waals surface area contributed by atoms with E-state index >= 15 is 0 Å². The highest BCUT2D eigenvalue weighted by Crippen LogP contribution is 2.37. The van der Waals surface area contributed by atoms with E-state index in [4.69, 9.17) is 0 Å². The largest absolute Gasteiger partial charge is 0.323 e. The molecule has 2 aromatic heterocycles. The summed E-state index contributed by atoms with van der Waals surface area (Å²) in [6.45, 7) is 3.95. The first-order valence-electron chi connectivity index (χ1n) is 7.21. The normalized spacial score (nSPS) is 10.9. The highest BCUT2D eigenvalue weighted by Gasteiger charge is 2.14. The monoisotopic (exact) mass is 530 g/mol. The third-order valence-electron chi connectivity index (χ3n) is 3.69. The first-order valence-corrected chi connectivity index (χ1v) is 9.59. The van der Waals surface area contributed by atoms with Crippen molar-refractivity contribution in [2.75, 3.05) is 0 Å². The molecule has 0 fully saturated rings. The lowest BCUT2D eigenvalue weighted by Gasteiger charge is -2.05. The standard InChI is InChI=1S/C8H5Br3N2O.C8H8N2O/c1-2-3(9)5(11)7-6(4(2)10)12-8(14)13-7;1-5-2-3-6-7(4-5)10-8(11)9-6/h1H3,(H2,12,13,14);2-4H,1H3,(H2,9,10,11). The molecule has 2 aromatic carbocycles. The molecule has 6 nitrogen and oxygen atoms in total. The molecule has 25 heavy (non-hydrogen) atoms. The summed E-state index contributed by atoms with van der Waals surface area (Å²) in [4.78, 5) is 32.7. The summed E-state index contributed by atoms with van der Waals surface area (Å²) in [5.74, 6) is 0. The number of benzene rings is 2. The summed E-state index contributed by atoms with van der Waals surface area (Å²) in [5.41, 5.74) is 5.11. The highest BCUT2D eigenvalue weighted by molar-refractivity contribution is 9.13. The Morgan fingerprint density at radius 1 is 0.720 bits per heavy atom. The first-order chi connectivity index (χ1) is 11.8. The molecule has 0 unspecified atom stereocenters. The molecule has 0 aliphatic heterocycles. The molecule has 0 aliphatic carbocycles. The molecule has 0 spiro atoms. The van der Waals surface area contributed by atoms with Crippen LogP contribution in [-0.4, -0.2) is 19.9 Å². The van der Waals surface area contributed by atoms with E-state index in [0.717, 1.165) is 46.6 Å². The molecule has 0 amide bonds. The van der Waals surface area contributed by atoms with Gasteiger partial charge >= 0.3 is 11.4 Å². The number of hydrogen-bond donors (Lipinski definition) is 4. The lowest BCUT2D eigenvalue weighted by molar-refractivity contribution is 1.21. The second-order valence-corrected chi connectivity index (χ2v) is 7.90. The van der Waals surface area contributed by atoms with Crippen LogP contribution in [-0.2, 0) is 0 Å². The zero-order valence-corrected chi connectivity index (χ0v) is 17.9. The topological polar surface area (TPSA) is 97.3 Å². The van der Waals surface area contributed by atoms with Crippen molar-refractivity contribution in [1.29, 1.82) is 0 Å². The Bertz CT molecular complexity index is 1150. The molecule has 0 radical (unpaired) electrons. The predicted octanol–water partition coefficient (Wildman–Crippen LogP) is 4.62. The Balaban J connectivity index is 0.000000150. The molecule has 0 aliphatic rings. The molecule has 130 valence electrons. The van der Waals surface area contributed by atoms with Crippen LogP contribution < -0.4 is 11.4 Å². The molecule has 0 atom stereocenters. The SMILES string of the molecule is Cc1c(Br)c(Br)c2[nH]c(=O)[nH]c2c1Br.Cc1ccc2[nH]c(=O)[nH]c2c1. The van der Waals surface area contributed by atoms with Gasteiger partial charge in [-0.15, -0.1) is 0 Å². The number of fused-ring (bicyclic) bond motifs is 2. The second-order valence-electron chi connectivity index (χ2n) is 5.52. The van der Waals surface area contributed by atoms with Crippen molar-refractivity contribution < 1.29 is 0 Å². The maximum Gasteiger partial charge on any atom is 0.323 e. The third kappa shape index (κ3) is 3.54. The van der Waals surface area contributed by atoms with Gasteiger partial charge in [0.05, 0.1) is 26.5 Å². The van der Waals surface area contributed by atoms with Crippen LogP contribution in [0.2, 0.25) is 0 Å². The Morgan fingerprint density at radius 2 is 1.28 bits per heavy atom. The molecule has 9 heteroatoms. The zero-order valence-electron chi connectivity index (χ0n) is 13.2. The van der Waals surface area contributed by atoms with Crippen LogP contribution in [0.5, 0.6) is 0 Å². The van der Waals surface area contributed by atoms with E-state index in [1.54, 1.807) is 0 Å². The van der Waals surface area contributed by atoms with Crippen molar-refractivity contribution in [1.82, 2.24) is 19.9 Å². The van der Waals surface area contributed by atoms with E-state index < -0.39 is 0 Å². The third-order valence-corrected chi connectivity index (χ3v) is 7.00. The number of aromatic nitrogens is 4. The number of aromatic amines is 4. The molecule has 2 heterocycles.